The quantitative estimate of drug-likeness (QED) is 0.362. The Balaban J connectivity index is 1.91. The van der Waals surface area contributed by atoms with E-state index < -0.39 is 23.4 Å². The van der Waals surface area contributed by atoms with Crippen LogP contribution in [0, 0.1) is 11.2 Å². The Morgan fingerprint density at radius 2 is 1.74 bits per heavy atom. The van der Waals surface area contributed by atoms with Gasteiger partial charge in [-0.2, -0.15) is 0 Å². The lowest BCUT2D eigenvalue weighted by Crippen LogP contribution is -2.15. The molecule has 4 nitrogen and oxygen atoms in total. The van der Waals surface area contributed by atoms with Crippen molar-refractivity contribution in [2.75, 3.05) is 7.11 Å². The average Bonchev–Trinajstić information content (AvgIpc) is 2.81. The number of aliphatic carboxylic acids is 1. The number of hydrogen-bond donors (Lipinski definition) is 1. The van der Waals surface area contributed by atoms with Crippen molar-refractivity contribution >= 4 is 5.97 Å². The first-order valence-electron chi connectivity index (χ1n) is 11.1. The Morgan fingerprint density at radius 3 is 2.41 bits per heavy atom. The van der Waals surface area contributed by atoms with E-state index in [0.29, 0.717) is 29.0 Å². The molecule has 1 unspecified atom stereocenters. The maximum atomic E-state index is 15.6. The Hall–Kier alpha value is -3.41. The molecule has 34 heavy (non-hydrogen) atoms. The number of benzene rings is 3. The van der Waals surface area contributed by atoms with Crippen LogP contribution >= 0.6 is 0 Å². The summed E-state index contributed by atoms with van der Waals surface area (Å²) in [5.74, 6) is -0.222. The van der Waals surface area contributed by atoms with Gasteiger partial charge in [0.05, 0.1) is 7.11 Å². The van der Waals surface area contributed by atoms with Crippen LogP contribution in [0.3, 0.4) is 0 Å². The SMILES string of the molecule is COc1ccc(F)c(-c2ccc(COc3cccc(CCC(=O)O)c3)cc2C(F)C(C)(C)C)c1. The molecule has 0 saturated heterocycles. The number of aryl methyl sites for hydroxylation is 1. The van der Waals surface area contributed by atoms with E-state index in [0.717, 1.165) is 11.1 Å². The highest BCUT2D eigenvalue weighted by Gasteiger charge is 2.29. The fourth-order valence-electron chi connectivity index (χ4n) is 3.67. The molecule has 0 radical (unpaired) electrons. The number of rotatable bonds is 9. The summed E-state index contributed by atoms with van der Waals surface area (Å²) < 4.78 is 41.5. The van der Waals surface area contributed by atoms with Crippen LogP contribution in [-0.2, 0) is 17.8 Å². The molecule has 6 heteroatoms. The van der Waals surface area contributed by atoms with Crippen molar-refractivity contribution in [2.45, 2.75) is 46.4 Å². The Bertz CT molecular complexity index is 1150. The smallest absolute Gasteiger partial charge is 0.303 e. The van der Waals surface area contributed by atoms with E-state index >= 15 is 4.39 Å². The summed E-state index contributed by atoms with van der Waals surface area (Å²) in [5, 5.41) is 8.88. The maximum Gasteiger partial charge on any atom is 0.303 e. The van der Waals surface area contributed by atoms with Crippen LogP contribution in [-0.4, -0.2) is 18.2 Å². The van der Waals surface area contributed by atoms with Gasteiger partial charge >= 0.3 is 5.97 Å². The minimum atomic E-state index is -1.34. The third kappa shape index (κ3) is 6.34. The van der Waals surface area contributed by atoms with Crippen LogP contribution in [0.5, 0.6) is 11.5 Å². The summed E-state index contributed by atoms with van der Waals surface area (Å²) in [5.41, 5.74) is 2.04. The Kier molecular flexibility index (Phi) is 7.92. The van der Waals surface area contributed by atoms with Crippen LogP contribution in [0.25, 0.3) is 11.1 Å². The molecule has 0 bridgehead atoms. The molecule has 3 aromatic carbocycles. The van der Waals surface area contributed by atoms with E-state index in [2.05, 4.69) is 0 Å². The van der Waals surface area contributed by atoms with Crippen LogP contribution in [0.15, 0.2) is 60.7 Å². The Labute approximate surface area is 199 Å². The molecule has 3 aromatic rings. The zero-order valence-electron chi connectivity index (χ0n) is 19.9. The topological polar surface area (TPSA) is 55.8 Å². The van der Waals surface area contributed by atoms with Crippen molar-refractivity contribution in [2.24, 2.45) is 5.41 Å². The third-order valence-electron chi connectivity index (χ3n) is 5.54. The zero-order chi connectivity index (χ0) is 24.9. The molecule has 180 valence electrons. The molecular weight excluding hydrogens is 438 g/mol. The molecule has 3 rings (SSSR count). The second-order valence-electron chi connectivity index (χ2n) is 9.33. The van der Waals surface area contributed by atoms with Crippen LogP contribution < -0.4 is 9.47 Å². The molecule has 0 aromatic heterocycles. The van der Waals surface area contributed by atoms with Crippen LogP contribution in [0.4, 0.5) is 8.78 Å². The second kappa shape index (κ2) is 10.7. The summed E-state index contributed by atoms with van der Waals surface area (Å²) in [6, 6.07) is 16.9. The molecule has 0 aliphatic rings. The lowest BCUT2D eigenvalue weighted by atomic mass is 9.82. The van der Waals surface area contributed by atoms with Gasteiger partial charge < -0.3 is 14.6 Å². The van der Waals surface area contributed by atoms with E-state index in [4.69, 9.17) is 14.6 Å². The highest BCUT2D eigenvalue weighted by molar-refractivity contribution is 5.70. The summed E-state index contributed by atoms with van der Waals surface area (Å²) >= 11 is 0. The van der Waals surface area contributed by atoms with Crippen molar-refractivity contribution in [3.05, 3.63) is 83.2 Å². The lowest BCUT2D eigenvalue weighted by molar-refractivity contribution is -0.136. The number of methoxy groups -OCH3 is 1. The normalized spacial score (nSPS) is 12.3. The van der Waals surface area contributed by atoms with Crippen molar-refractivity contribution in [3.63, 3.8) is 0 Å². The van der Waals surface area contributed by atoms with Gasteiger partial charge in [0.1, 0.15) is 30.1 Å². The highest BCUT2D eigenvalue weighted by Crippen LogP contribution is 2.42. The van der Waals surface area contributed by atoms with Crippen LogP contribution in [0.1, 0.15) is 50.1 Å². The number of alkyl halides is 1. The van der Waals surface area contributed by atoms with Gasteiger partial charge in [-0.1, -0.05) is 45.0 Å². The fraction of sp³-hybridized carbons (Fsp3) is 0.321. The number of carboxylic acids is 1. The second-order valence-corrected chi connectivity index (χ2v) is 9.33. The van der Waals surface area contributed by atoms with Crippen molar-refractivity contribution in [1.82, 2.24) is 0 Å². The van der Waals surface area contributed by atoms with Gasteiger partial charge in [0.2, 0.25) is 0 Å². The molecule has 0 heterocycles. The molecule has 0 saturated carbocycles. The third-order valence-corrected chi connectivity index (χ3v) is 5.54. The largest absolute Gasteiger partial charge is 0.497 e. The number of ether oxygens (including phenoxy) is 2. The first kappa shape index (κ1) is 25.2. The van der Waals surface area contributed by atoms with Crippen molar-refractivity contribution in [3.8, 4) is 22.6 Å². The lowest BCUT2D eigenvalue weighted by Gasteiger charge is -2.27. The minimum absolute atomic E-state index is 0.0415. The van der Waals surface area contributed by atoms with Crippen molar-refractivity contribution in [1.29, 1.82) is 0 Å². The van der Waals surface area contributed by atoms with E-state index in [1.165, 1.54) is 19.2 Å². The molecule has 1 N–H and O–H groups in total. The van der Waals surface area contributed by atoms with E-state index in [1.54, 1.807) is 57.2 Å². The molecule has 0 fully saturated rings. The Morgan fingerprint density at radius 1 is 0.971 bits per heavy atom. The zero-order valence-corrected chi connectivity index (χ0v) is 19.9. The molecule has 0 spiro atoms. The van der Waals surface area contributed by atoms with Gasteiger partial charge in [0.15, 0.2) is 0 Å². The maximum absolute atomic E-state index is 15.6. The first-order chi connectivity index (χ1) is 16.1. The monoisotopic (exact) mass is 468 g/mol. The molecule has 0 amide bonds. The van der Waals surface area contributed by atoms with Crippen molar-refractivity contribution < 1.29 is 28.2 Å². The summed E-state index contributed by atoms with van der Waals surface area (Å²) in [6.07, 6.45) is -0.890. The molecule has 1 atom stereocenters. The molecule has 0 aliphatic carbocycles. The molecular formula is C28H30F2O4. The van der Waals surface area contributed by atoms with Gasteiger partial charge in [-0.25, -0.2) is 8.78 Å². The average molecular weight is 469 g/mol. The first-order valence-corrected chi connectivity index (χ1v) is 11.1. The highest BCUT2D eigenvalue weighted by atomic mass is 19.1. The van der Waals surface area contributed by atoms with Gasteiger partial charge in [0, 0.05) is 12.0 Å². The standard InChI is InChI=1S/C28H30F2O4/c1-28(2,3)27(30)24-15-19(8-11-22(24)23-16-20(33-4)10-12-25(23)29)17-34-21-7-5-6-18(14-21)9-13-26(31)32/h5-8,10-12,14-16,27H,9,13,17H2,1-4H3,(H,31,32). The fourth-order valence-corrected chi connectivity index (χ4v) is 3.67. The van der Waals surface area contributed by atoms with Gasteiger partial charge in [0.25, 0.3) is 0 Å². The minimum Gasteiger partial charge on any atom is -0.497 e. The van der Waals surface area contributed by atoms with Gasteiger partial charge in [-0.15, -0.1) is 0 Å². The summed E-state index contributed by atoms with van der Waals surface area (Å²) in [4.78, 5) is 10.8. The van der Waals surface area contributed by atoms with E-state index in [9.17, 15) is 9.18 Å². The number of hydrogen-bond acceptors (Lipinski definition) is 3. The van der Waals surface area contributed by atoms with E-state index in [1.807, 2.05) is 12.1 Å². The number of carbonyl (C=O) groups is 1. The number of carboxylic acid groups (broad SMARTS) is 1. The summed E-state index contributed by atoms with van der Waals surface area (Å²) in [7, 11) is 1.50. The predicted octanol–water partition coefficient (Wildman–Crippen LogP) is 7.15. The van der Waals surface area contributed by atoms with Crippen LogP contribution in [0.2, 0.25) is 0 Å². The number of halogens is 2. The van der Waals surface area contributed by atoms with E-state index in [-0.39, 0.29) is 18.6 Å². The van der Waals surface area contributed by atoms with Gasteiger partial charge in [-0.3, -0.25) is 4.79 Å². The predicted molar refractivity (Wildman–Crippen MR) is 128 cm³/mol. The summed E-state index contributed by atoms with van der Waals surface area (Å²) in [6.45, 7) is 5.59. The van der Waals surface area contributed by atoms with Gasteiger partial charge in [-0.05, 0) is 70.5 Å². The molecule has 0 aliphatic heterocycles.